The first-order valence-corrected chi connectivity index (χ1v) is 11.8. The number of hydrogen-bond donors (Lipinski definition) is 1. The SMILES string of the molecule is CCO[C@H]1CN(C(c2ccc(Cl)cc2)c2ccc(C#N)cc2)C[C@@H]1Nc1ccc(C(F)(F)F)c(F)c1. The molecule has 0 aliphatic carbocycles. The van der Waals surface area contributed by atoms with Crippen molar-refractivity contribution in [2.75, 3.05) is 25.0 Å². The normalized spacial score (nSPS) is 19.1. The maximum absolute atomic E-state index is 14.2. The molecule has 0 amide bonds. The summed E-state index contributed by atoms with van der Waals surface area (Å²) in [5.41, 5.74) is 1.45. The molecule has 36 heavy (non-hydrogen) atoms. The van der Waals surface area contributed by atoms with Gasteiger partial charge in [0.2, 0.25) is 0 Å². The van der Waals surface area contributed by atoms with Crippen LogP contribution in [0, 0.1) is 17.1 Å². The predicted octanol–water partition coefficient (Wildman–Crippen LogP) is 6.66. The van der Waals surface area contributed by atoms with E-state index in [9.17, 15) is 22.8 Å². The third-order valence-corrected chi connectivity index (χ3v) is 6.46. The van der Waals surface area contributed by atoms with Crippen molar-refractivity contribution in [1.29, 1.82) is 5.26 Å². The van der Waals surface area contributed by atoms with E-state index in [0.29, 0.717) is 30.3 Å². The van der Waals surface area contributed by atoms with Gasteiger partial charge in [0.05, 0.1) is 35.4 Å². The Morgan fingerprint density at radius 1 is 1.06 bits per heavy atom. The summed E-state index contributed by atoms with van der Waals surface area (Å²) in [6, 6.07) is 19.3. The Balaban J connectivity index is 1.63. The molecular formula is C27H24ClF4N3O. The molecule has 0 radical (unpaired) electrons. The van der Waals surface area contributed by atoms with E-state index in [1.807, 2.05) is 43.3 Å². The molecule has 9 heteroatoms. The molecule has 0 bridgehead atoms. The highest BCUT2D eigenvalue weighted by molar-refractivity contribution is 6.30. The molecule has 1 fully saturated rings. The van der Waals surface area contributed by atoms with E-state index in [1.54, 1.807) is 12.1 Å². The van der Waals surface area contributed by atoms with Crippen molar-refractivity contribution < 1.29 is 22.3 Å². The minimum absolute atomic E-state index is 0.186. The Morgan fingerprint density at radius 2 is 1.69 bits per heavy atom. The van der Waals surface area contributed by atoms with Gasteiger partial charge in [-0.25, -0.2) is 4.39 Å². The molecule has 4 rings (SSSR count). The number of benzene rings is 3. The standard InChI is InChI=1S/C27H24ClF4N3O/c1-2-36-25-16-35(15-24(25)34-21-11-12-22(23(29)13-21)27(30,31)32)26(19-7-9-20(28)10-8-19)18-5-3-17(14-33)4-6-18/h3-13,24-26,34H,2,15-16H2,1H3/t24-,25-,26?/m0/s1. The summed E-state index contributed by atoms with van der Waals surface area (Å²) >= 11 is 6.11. The van der Waals surface area contributed by atoms with Crippen molar-refractivity contribution in [3.63, 3.8) is 0 Å². The second kappa shape index (κ2) is 10.9. The summed E-state index contributed by atoms with van der Waals surface area (Å²) in [4.78, 5) is 2.20. The summed E-state index contributed by atoms with van der Waals surface area (Å²) in [6.45, 7) is 3.33. The molecule has 1 heterocycles. The summed E-state index contributed by atoms with van der Waals surface area (Å²) in [5, 5.41) is 13.0. The second-order valence-electron chi connectivity index (χ2n) is 8.58. The van der Waals surface area contributed by atoms with Crippen LogP contribution in [0.1, 0.15) is 35.2 Å². The van der Waals surface area contributed by atoms with Gasteiger partial charge >= 0.3 is 6.18 Å². The number of alkyl halides is 3. The third-order valence-electron chi connectivity index (χ3n) is 6.21. The molecule has 3 aromatic rings. The molecule has 4 nitrogen and oxygen atoms in total. The van der Waals surface area contributed by atoms with E-state index >= 15 is 0 Å². The maximum Gasteiger partial charge on any atom is 0.419 e. The zero-order valence-corrected chi connectivity index (χ0v) is 20.2. The average molecular weight is 518 g/mol. The van der Waals surface area contributed by atoms with Crippen molar-refractivity contribution in [1.82, 2.24) is 4.90 Å². The Bertz CT molecular complexity index is 1230. The fourth-order valence-electron chi connectivity index (χ4n) is 4.58. The van der Waals surface area contributed by atoms with Gasteiger partial charge in [0.1, 0.15) is 5.82 Å². The molecule has 3 aromatic carbocycles. The smallest absolute Gasteiger partial charge is 0.378 e. The van der Waals surface area contributed by atoms with Crippen LogP contribution in [0.15, 0.2) is 66.7 Å². The number of anilines is 1. The number of nitrogens with zero attached hydrogens (tertiary/aromatic N) is 2. The Morgan fingerprint density at radius 3 is 2.25 bits per heavy atom. The second-order valence-corrected chi connectivity index (χ2v) is 9.02. The molecular weight excluding hydrogens is 494 g/mol. The van der Waals surface area contributed by atoms with Crippen LogP contribution >= 0.6 is 11.6 Å². The number of hydrogen-bond acceptors (Lipinski definition) is 4. The van der Waals surface area contributed by atoms with Gasteiger partial charge in [0, 0.05) is 30.4 Å². The van der Waals surface area contributed by atoms with Crippen LogP contribution in [0.4, 0.5) is 23.2 Å². The Hall–Kier alpha value is -3.12. The van der Waals surface area contributed by atoms with Crippen LogP contribution in [0.3, 0.4) is 0 Å². The lowest BCUT2D eigenvalue weighted by atomic mass is 9.96. The van der Waals surface area contributed by atoms with Gasteiger partial charge in [-0.3, -0.25) is 4.90 Å². The molecule has 0 aromatic heterocycles. The van der Waals surface area contributed by atoms with Gasteiger partial charge in [-0.1, -0.05) is 35.9 Å². The van der Waals surface area contributed by atoms with Gasteiger partial charge in [0.15, 0.2) is 0 Å². The van der Waals surface area contributed by atoms with Gasteiger partial charge in [-0.05, 0) is 60.5 Å². The number of nitrogens with one attached hydrogen (secondary N) is 1. The molecule has 1 aliphatic rings. The predicted molar refractivity (Wildman–Crippen MR) is 130 cm³/mol. The van der Waals surface area contributed by atoms with E-state index in [2.05, 4.69) is 16.3 Å². The first-order chi connectivity index (χ1) is 17.2. The van der Waals surface area contributed by atoms with E-state index in [0.717, 1.165) is 23.3 Å². The van der Waals surface area contributed by atoms with E-state index in [-0.39, 0.29) is 23.9 Å². The fraction of sp³-hybridized carbons (Fsp3) is 0.296. The highest BCUT2D eigenvalue weighted by atomic mass is 35.5. The van der Waals surface area contributed by atoms with Gasteiger partial charge in [-0.2, -0.15) is 18.4 Å². The van der Waals surface area contributed by atoms with E-state index in [4.69, 9.17) is 16.3 Å². The van der Waals surface area contributed by atoms with Gasteiger partial charge in [-0.15, -0.1) is 0 Å². The number of ether oxygens (including phenoxy) is 1. The molecule has 1 aliphatic heterocycles. The van der Waals surface area contributed by atoms with E-state index < -0.39 is 17.6 Å². The van der Waals surface area contributed by atoms with Crippen molar-refractivity contribution in [3.05, 3.63) is 99.8 Å². The molecule has 0 saturated carbocycles. The zero-order valence-electron chi connectivity index (χ0n) is 19.4. The minimum Gasteiger partial charge on any atom is -0.378 e. The number of likely N-dealkylation sites (tertiary alicyclic amines) is 1. The average Bonchev–Trinajstić information content (AvgIpc) is 3.22. The highest BCUT2D eigenvalue weighted by Gasteiger charge is 2.38. The fourth-order valence-corrected chi connectivity index (χ4v) is 4.71. The summed E-state index contributed by atoms with van der Waals surface area (Å²) in [6.07, 6.45) is -5.04. The molecule has 0 spiro atoms. The molecule has 1 N–H and O–H groups in total. The molecule has 188 valence electrons. The molecule has 1 saturated heterocycles. The molecule has 1 unspecified atom stereocenters. The largest absolute Gasteiger partial charge is 0.419 e. The summed E-state index contributed by atoms with van der Waals surface area (Å²) < 4.78 is 59.0. The van der Waals surface area contributed by atoms with Crippen molar-refractivity contribution in [3.8, 4) is 6.07 Å². The quantitative estimate of drug-likeness (QED) is 0.356. The zero-order chi connectivity index (χ0) is 25.9. The van der Waals surface area contributed by atoms with E-state index in [1.165, 1.54) is 6.07 Å². The topological polar surface area (TPSA) is 48.3 Å². The lowest BCUT2D eigenvalue weighted by molar-refractivity contribution is -0.139. The molecule has 3 atom stereocenters. The number of nitriles is 1. The van der Waals surface area contributed by atoms with Crippen LogP contribution in [0.5, 0.6) is 0 Å². The van der Waals surface area contributed by atoms with Crippen LogP contribution in [-0.2, 0) is 10.9 Å². The van der Waals surface area contributed by atoms with Gasteiger partial charge < -0.3 is 10.1 Å². The summed E-state index contributed by atoms with van der Waals surface area (Å²) in [7, 11) is 0. The van der Waals surface area contributed by atoms with Crippen LogP contribution in [0.25, 0.3) is 0 Å². The first kappa shape index (κ1) is 26.0. The maximum atomic E-state index is 14.2. The minimum atomic E-state index is -4.76. The van der Waals surface area contributed by atoms with Gasteiger partial charge in [0.25, 0.3) is 0 Å². The highest BCUT2D eigenvalue weighted by Crippen LogP contribution is 2.35. The lowest BCUT2D eigenvalue weighted by Gasteiger charge is -2.29. The van der Waals surface area contributed by atoms with Crippen LogP contribution < -0.4 is 5.32 Å². The van der Waals surface area contributed by atoms with Crippen molar-refractivity contribution >= 4 is 17.3 Å². The number of halogens is 5. The third kappa shape index (κ3) is 5.81. The Kier molecular flexibility index (Phi) is 7.84. The van der Waals surface area contributed by atoms with Crippen LogP contribution in [0.2, 0.25) is 5.02 Å². The van der Waals surface area contributed by atoms with Crippen LogP contribution in [-0.4, -0.2) is 36.7 Å². The Labute approximate surface area is 212 Å². The first-order valence-electron chi connectivity index (χ1n) is 11.4. The lowest BCUT2D eigenvalue weighted by Crippen LogP contribution is -2.34. The monoisotopic (exact) mass is 517 g/mol. The van der Waals surface area contributed by atoms with Crippen molar-refractivity contribution in [2.24, 2.45) is 0 Å². The summed E-state index contributed by atoms with van der Waals surface area (Å²) in [5.74, 6) is -1.33. The number of rotatable bonds is 7. The van der Waals surface area contributed by atoms with Crippen molar-refractivity contribution in [2.45, 2.75) is 31.3 Å².